The Balaban J connectivity index is 0.000000226. The molecular weight excluding hydrogens is 1910 g/mol. The average molecular weight is 2070 g/mol. The highest BCUT2D eigenvalue weighted by Gasteiger charge is 2.57. The zero-order valence-corrected chi connectivity index (χ0v) is 89.6. The van der Waals surface area contributed by atoms with Gasteiger partial charge in [-0.2, -0.15) is 0 Å². The molecule has 820 valence electrons. The van der Waals surface area contributed by atoms with Gasteiger partial charge in [-0.3, -0.25) is 43.2 Å². The van der Waals surface area contributed by atoms with Crippen LogP contribution in [0.25, 0.3) is 39.2 Å². The van der Waals surface area contributed by atoms with Gasteiger partial charge in [0.05, 0.1) is 129 Å². The van der Waals surface area contributed by atoms with Gasteiger partial charge in [0.1, 0.15) is 100 Å². The van der Waals surface area contributed by atoms with Crippen LogP contribution in [-0.4, -0.2) is 280 Å². The lowest BCUT2D eigenvalue weighted by Crippen LogP contribution is -2.50. The Hall–Kier alpha value is -12.1. The van der Waals surface area contributed by atoms with Crippen molar-refractivity contribution in [2.45, 2.75) is 374 Å². The Bertz CT molecular complexity index is 5840. The number of aryl methyl sites for hydroxylation is 2. The van der Waals surface area contributed by atoms with Crippen LogP contribution in [-0.2, 0) is 94.1 Å². The molecule has 0 spiro atoms. The van der Waals surface area contributed by atoms with Gasteiger partial charge >= 0.3 is 35.8 Å². The highest BCUT2D eigenvalue weighted by molar-refractivity contribution is 5.93. The van der Waals surface area contributed by atoms with Gasteiger partial charge in [-0.25, -0.2) is 44.3 Å². The van der Waals surface area contributed by atoms with Gasteiger partial charge in [-0.15, -0.1) is 0 Å². The van der Waals surface area contributed by atoms with Crippen molar-refractivity contribution >= 4 is 110 Å². The summed E-state index contributed by atoms with van der Waals surface area (Å²) in [7, 11) is 4.75. The van der Waals surface area contributed by atoms with E-state index in [1.165, 1.54) is 28.5 Å². The number of carboxylic acids is 1. The average Bonchev–Trinajstić information content (AvgIpc) is 1.66. The van der Waals surface area contributed by atoms with Crippen molar-refractivity contribution in [2.24, 2.45) is 51.8 Å². The molecule has 3 aromatic carbocycles. The first-order valence-corrected chi connectivity index (χ1v) is 51.9. The van der Waals surface area contributed by atoms with E-state index in [0.29, 0.717) is 157 Å². The Morgan fingerprint density at radius 2 is 0.678 bits per heavy atom. The quantitative estimate of drug-likeness (QED) is 0.119. The second-order valence-electron chi connectivity index (χ2n) is 45.9. The first-order chi connectivity index (χ1) is 68.7. The highest BCUT2D eigenvalue weighted by Crippen LogP contribution is 2.45. The number of benzene rings is 3. The van der Waals surface area contributed by atoms with Crippen LogP contribution in [0.2, 0.25) is 0 Å². The van der Waals surface area contributed by atoms with E-state index >= 15 is 0 Å². The first-order valence-electron chi connectivity index (χ1n) is 51.9. The number of ether oxygens (including phenoxy) is 11. The molecule has 0 unspecified atom stereocenters. The van der Waals surface area contributed by atoms with Crippen LogP contribution < -0.4 is 28.4 Å². The SMILES string of the molecule is C.C.C.COc1ccc2nc3c(nc2c1)O[C@H]1CN(C(=O)[C@H](C(C)(C)C)CC(=O)O[C@@H]2CCN(C(C)=O)[C@H]2CCC/C=C/3)[C@H](C(=O)OC(C)(C)C)[C@@H]1C.COc1ccc2nc3c(nc2c1)O[C@H]1CN(C(=O)[C@H](C(C)(C)C)CC(=O)O[C@@H]2CCN(C(C)=O)[C@H]2CCCCC3)[C@H](C(=O)O)[C@@H]1C.COc1ccc2nc3c(nc2c1)O[C@H]1CN(C(=O)[C@H](C(C)(C)C)CC(=O)O[C@@H]2CCN(C(C)=O)[C@H]2CCCCC3)[C@H](C(=O)OC(C)(C)C)[C@@H]1C. The van der Waals surface area contributed by atoms with Crippen molar-refractivity contribution in [1.29, 1.82) is 0 Å². The number of likely N-dealkylation sites (tertiary alicyclic amines) is 3. The molecule has 0 aliphatic carbocycles. The zero-order chi connectivity index (χ0) is 106. The number of amides is 6. The number of esters is 5. The Kier molecular flexibility index (Phi) is 39.3. The van der Waals surface area contributed by atoms with E-state index in [2.05, 4.69) is 0 Å². The van der Waals surface area contributed by atoms with Crippen LogP contribution in [0.5, 0.6) is 34.9 Å². The normalized spacial score (nSPS) is 26.9. The summed E-state index contributed by atoms with van der Waals surface area (Å²) in [6.45, 7) is 39.6. The predicted molar refractivity (Wildman–Crippen MR) is 562 cm³/mol. The summed E-state index contributed by atoms with van der Waals surface area (Å²) in [5.74, 6) is -6.15. The van der Waals surface area contributed by atoms with E-state index in [0.717, 1.165) is 44.9 Å². The van der Waals surface area contributed by atoms with Crippen LogP contribution in [0.15, 0.2) is 60.7 Å². The van der Waals surface area contributed by atoms with Gasteiger partial charge in [-0.05, 0) is 158 Å². The van der Waals surface area contributed by atoms with Crippen LogP contribution in [0.4, 0.5) is 0 Å². The Morgan fingerprint density at radius 1 is 0.369 bits per heavy atom. The largest absolute Gasteiger partial charge is 0.497 e. The van der Waals surface area contributed by atoms with Gasteiger partial charge in [0, 0.05) is 95.6 Å². The molecule has 3 aromatic heterocycles. The van der Waals surface area contributed by atoms with Crippen molar-refractivity contribution in [2.75, 3.05) is 60.6 Å². The number of carboxylic acid groups (broad SMARTS) is 1. The maximum atomic E-state index is 14.6. The monoisotopic (exact) mass is 2070 g/mol. The summed E-state index contributed by atoms with van der Waals surface area (Å²) in [6, 6.07) is 12.6. The van der Waals surface area contributed by atoms with Crippen LogP contribution in [0.1, 0.15) is 294 Å². The summed E-state index contributed by atoms with van der Waals surface area (Å²) in [5, 5.41) is 10.3. The fourth-order valence-electron chi connectivity index (χ4n) is 21.8. The number of allylic oxidation sites excluding steroid dienone is 1. The van der Waals surface area contributed by atoms with Crippen LogP contribution >= 0.6 is 0 Å². The molecule has 12 heterocycles. The van der Waals surface area contributed by atoms with Gasteiger partial charge in [0.15, 0.2) is 0 Å². The van der Waals surface area contributed by atoms with E-state index < -0.39 is 159 Å². The maximum Gasteiger partial charge on any atom is 0.329 e. The number of hydrogen-bond donors (Lipinski definition) is 1. The molecule has 6 bridgehead atoms. The lowest BCUT2D eigenvalue weighted by molar-refractivity contribution is -0.167. The number of aliphatic carboxylic acids is 1. The van der Waals surface area contributed by atoms with Gasteiger partial charge in [-0.1, -0.05) is 137 Å². The number of carbonyl (C=O) groups is 12. The number of rotatable bonds is 6. The molecule has 149 heavy (non-hydrogen) atoms. The van der Waals surface area contributed by atoms with Crippen molar-refractivity contribution < 1.29 is 115 Å². The summed E-state index contributed by atoms with van der Waals surface area (Å²) >= 11 is 0. The summed E-state index contributed by atoms with van der Waals surface area (Å²) in [4.78, 5) is 201. The molecule has 6 amide bonds. The molecule has 0 saturated carbocycles. The maximum absolute atomic E-state index is 14.6. The minimum absolute atomic E-state index is 0. The van der Waals surface area contributed by atoms with Gasteiger partial charge in [0.25, 0.3) is 0 Å². The summed E-state index contributed by atoms with van der Waals surface area (Å²) in [5.41, 5.74) is 2.13. The lowest BCUT2D eigenvalue weighted by atomic mass is 9.77. The molecule has 36 heteroatoms. The highest BCUT2D eigenvalue weighted by atomic mass is 16.6. The lowest BCUT2D eigenvalue weighted by Gasteiger charge is -2.35. The molecular formula is C113H164N12O24. The van der Waals surface area contributed by atoms with E-state index in [1.807, 2.05) is 125 Å². The van der Waals surface area contributed by atoms with E-state index in [9.17, 15) is 62.6 Å². The smallest absolute Gasteiger partial charge is 0.329 e. The molecule has 6 fully saturated rings. The van der Waals surface area contributed by atoms with E-state index in [-0.39, 0.29) is 115 Å². The van der Waals surface area contributed by atoms with Crippen molar-refractivity contribution in [3.05, 3.63) is 77.8 Å². The van der Waals surface area contributed by atoms with Gasteiger partial charge in [0.2, 0.25) is 53.1 Å². The van der Waals surface area contributed by atoms with Crippen molar-refractivity contribution in [1.82, 2.24) is 59.3 Å². The van der Waals surface area contributed by atoms with Crippen molar-refractivity contribution in [3.63, 3.8) is 0 Å². The minimum Gasteiger partial charge on any atom is -0.497 e. The number of fused-ring (bicyclic) bond motifs is 15. The summed E-state index contributed by atoms with van der Waals surface area (Å²) in [6.07, 6.45) is 11.2. The fourth-order valence-corrected chi connectivity index (χ4v) is 21.8. The second-order valence-corrected chi connectivity index (χ2v) is 45.9. The molecule has 1 N–H and O–H groups in total. The van der Waals surface area contributed by atoms with E-state index in [1.54, 1.807) is 110 Å². The third-order valence-electron chi connectivity index (χ3n) is 29.9. The second kappa shape index (κ2) is 49.3. The standard InChI is InChI=1S/C38H54N4O8.C38H52N4O8.C34H46N4O8.3CH4/c2*1-22-31-21-42(33(22)36(46)50-38(6,7)8)35(45)25(37(3,4)5)20-32(44)48-30-17-18-41(23(2)43)29(30)14-12-10-11-13-27-34(49-31)40-28-19-24(47-9)15-16-26(28)39-27;1-19-28-18-38(30(19)33(42)43)32(41)22(34(3,4)5)17-29(40)45-27-14-15-37(20(2)39)26(27)11-9-7-8-10-24-31(46-28)36-25-16-21(44-6)12-13-23(25)35-24;;;/h15-16,19,22,25,29-31,33H,10-14,17-18,20-21H2,1-9H3;11,13,15-16,19,22,25,29-31,33H,10,12,14,17-18,20-21H2,1-9H3;12-13,16,19,22,26-28,30H,7-11,14-15,17-18H2,1-6H3,(H,42,43);3*1H4/b;13-11+;;;;/t2*22-,25-,29+,30-,31+,33+;19-,22-,26+,27-,28+,30+;;;/m111.../s1. The molecule has 15 rings (SSSR count). The third-order valence-corrected chi connectivity index (χ3v) is 29.9. The number of aromatic nitrogens is 6. The minimum atomic E-state index is -1.15. The molecule has 6 aromatic rings. The molecule has 6 saturated heterocycles. The van der Waals surface area contributed by atoms with Crippen LogP contribution in [0, 0.1) is 51.8 Å². The van der Waals surface area contributed by atoms with Crippen LogP contribution in [0.3, 0.4) is 0 Å². The van der Waals surface area contributed by atoms with Gasteiger partial charge < -0.3 is 86.6 Å². The molecule has 0 radical (unpaired) electrons. The fraction of sp³-hybridized carbons (Fsp3) is 0.664. The zero-order valence-electron chi connectivity index (χ0n) is 89.6. The Labute approximate surface area is 878 Å². The number of methoxy groups -OCH3 is 3. The first kappa shape index (κ1) is 119. The van der Waals surface area contributed by atoms with E-state index in [4.69, 9.17) is 82.0 Å². The third kappa shape index (κ3) is 28.6. The topological polar surface area (TPSA) is 423 Å². The number of carbonyl (C=O) groups excluding carboxylic acids is 11. The number of nitrogens with zero attached hydrogens (tertiary/aromatic N) is 12. The Morgan fingerprint density at radius 3 is 0.993 bits per heavy atom. The molecule has 18 atom stereocenters. The number of hydrogen-bond acceptors (Lipinski definition) is 29. The molecule has 9 aliphatic heterocycles. The molecule has 9 aliphatic rings. The summed E-state index contributed by atoms with van der Waals surface area (Å²) < 4.78 is 65.8. The predicted octanol–water partition coefficient (Wildman–Crippen LogP) is 16.6. The van der Waals surface area contributed by atoms with Crippen molar-refractivity contribution in [3.8, 4) is 34.9 Å². The molecule has 36 nitrogen and oxygen atoms in total.